The second kappa shape index (κ2) is 5.16. The number of aromatic nitrogens is 1. The molecule has 21 heavy (non-hydrogen) atoms. The fourth-order valence-electron chi connectivity index (χ4n) is 3.56. The zero-order valence-electron chi connectivity index (χ0n) is 12.8. The van der Waals surface area contributed by atoms with E-state index in [2.05, 4.69) is 5.16 Å². The molecule has 3 rings (SSSR count). The van der Waals surface area contributed by atoms with Crippen molar-refractivity contribution < 1.29 is 14.1 Å². The van der Waals surface area contributed by atoms with Crippen LogP contribution in [0.2, 0.25) is 0 Å². The van der Waals surface area contributed by atoms with Gasteiger partial charge in [-0.2, -0.15) is 0 Å². The van der Waals surface area contributed by atoms with E-state index in [9.17, 15) is 9.59 Å². The summed E-state index contributed by atoms with van der Waals surface area (Å²) in [5.74, 6) is 0.825. The lowest BCUT2D eigenvalue weighted by Gasteiger charge is -2.44. The Labute approximate surface area is 124 Å². The lowest BCUT2D eigenvalue weighted by molar-refractivity contribution is -0.159. The minimum Gasteiger partial charge on any atom is -0.361 e. The van der Waals surface area contributed by atoms with Crippen LogP contribution < -0.4 is 0 Å². The topological polar surface area (TPSA) is 66.7 Å². The van der Waals surface area contributed by atoms with Crippen molar-refractivity contribution in [1.82, 2.24) is 15.0 Å². The van der Waals surface area contributed by atoms with E-state index in [1.165, 1.54) is 0 Å². The van der Waals surface area contributed by atoms with E-state index in [0.717, 1.165) is 30.5 Å². The maximum absolute atomic E-state index is 12.7. The Hall–Kier alpha value is -1.85. The Balaban J connectivity index is 1.88. The van der Waals surface area contributed by atoms with Crippen molar-refractivity contribution in [2.75, 3.05) is 13.1 Å². The zero-order valence-corrected chi connectivity index (χ0v) is 12.8. The normalized spacial score (nSPS) is 24.2. The van der Waals surface area contributed by atoms with Gasteiger partial charge in [0.2, 0.25) is 11.8 Å². The van der Waals surface area contributed by atoms with E-state index < -0.39 is 0 Å². The molecule has 1 aromatic rings. The van der Waals surface area contributed by atoms with Crippen LogP contribution in [0, 0.1) is 13.8 Å². The molecule has 6 heteroatoms. The lowest BCUT2D eigenvalue weighted by Crippen LogP contribution is -2.61. The smallest absolute Gasteiger partial charge is 0.246 e. The number of fused-ring (bicyclic) bond motifs is 1. The van der Waals surface area contributed by atoms with Crippen LogP contribution in [0.3, 0.4) is 0 Å². The Bertz CT molecular complexity index is 561. The molecule has 2 saturated heterocycles. The van der Waals surface area contributed by atoms with E-state index in [-0.39, 0.29) is 30.4 Å². The fraction of sp³-hybridized carbons (Fsp3) is 0.667. The Morgan fingerprint density at radius 3 is 2.71 bits per heavy atom. The fourth-order valence-corrected chi connectivity index (χ4v) is 3.56. The summed E-state index contributed by atoms with van der Waals surface area (Å²) in [7, 11) is 0. The van der Waals surface area contributed by atoms with Crippen molar-refractivity contribution in [3.63, 3.8) is 0 Å². The third-order valence-electron chi connectivity index (χ3n) is 4.67. The Kier molecular flexibility index (Phi) is 3.47. The van der Waals surface area contributed by atoms with Gasteiger partial charge in [-0.1, -0.05) is 5.16 Å². The molecule has 2 aliphatic heterocycles. The highest BCUT2D eigenvalue weighted by Gasteiger charge is 2.42. The number of piperidine rings is 1. The van der Waals surface area contributed by atoms with E-state index in [0.29, 0.717) is 12.3 Å². The highest BCUT2D eigenvalue weighted by Crippen LogP contribution is 2.31. The van der Waals surface area contributed by atoms with Gasteiger partial charge in [0.05, 0.1) is 11.7 Å². The number of amides is 2. The van der Waals surface area contributed by atoms with Gasteiger partial charge in [0.15, 0.2) is 0 Å². The minimum atomic E-state index is -0.275. The summed E-state index contributed by atoms with van der Waals surface area (Å²) in [6.45, 7) is 6.51. The predicted octanol–water partition coefficient (Wildman–Crippen LogP) is 1.58. The van der Waals surface area contributed by atoms with Crippen LogP contribution in [0.1, 0.15) is 49.2 Å². The van der Waals surface area contributed by atoms with Gasteiger partial charge in [-0.25, -0.2) is 0 Å². The first-order valence-electron chi connectivity index (χ1n) is 7.53. The van der Waals surface area contributed by atoms with Gasteiger partial charge in [0.1, 0.15) is 18.3 Å². The molecule has 2 atom stereocenters. The predicted molar refractivity (Wildman–Crippen MR) is 75.5 cm³/mol. The lowest BCUT2D eigenvalue weighted by atomic mass is 9.96. The summed E-state index contributed by atoms with van der Waals surface area (Å²) < 4.78 is 5.19. The standard InChI is InChI=1S/C15H21N3O3/c1-9-14(11(3)21-16-9)10(2)18-8-13(19)17-7-5-4-6-12(17)15(18)20/h10,12H,4-8H2,1-3H3. The summed E-state index contributed by atoms with van der Waals surface area (Å²) in [5.41, 5.74) is 1.70. The molecule has 2 amide bonds. The second-order valence-electron chi connectivity index (χ2n) is 5.98. The quantitative estimate of drug-likeness (QED) is 0.829. The maximum atomic E-state index is 12.7. The number of nitrogens with zero attached hydrogens (tertiary/aromatic N) is 3. The van der Waals surface area contributed by atoms with Gasteiger partial charge in [-0.05, 0) is 40.0 Å². The first kappa shape index (κ1) is 14.1. The molecule has 2 unspecified atom stereocenters. The van der Waals surface area contributed by atoms with E-state index >= 15 is 0 Å². The van der Waals surface area contributed by atoms with E-state index in [1.54, 1.807) is 9.80 Å². The van der Waals surface area contributed by atoms with Crippen LogP contribution in [-0.4, -0.2) is 45.9 Å². The van der Waals surface area contributed by atoms with Crippen molar-refractivity contribution in [3.8, 4) is 0 Å². The second-order valence-corrected chi connectivity index (χ2v) is 5.98. The molecular formula is C15H21N3O3. The molecule has 114 valence electrons. The number of aryl methyl sites for hydroxylation is 2. The van der Waals surface area contributed by atoms with E-state index in [1.807, 2.05) is 20.8 Å². The number of rotatable bonds is 2. The number of hydrogen-bond acceptors (Lipinski definition) is 4. The SMILES string of the molecule is Cc1noc(C)c1C(C)N1CC(=O)N2CCCCC2C1=O. The minimum absolute atomic E-state index is 0.0536. The van der Waals surface area contributed by atoms with Crippen LogP contribution in [0.5, 0.6) is 0 Å². The molecule has 0 radical (unpaired) electrons. The molecule has 2 fully saturated rings. The van der Waals surface area contributed by atoms with Crippen molar-refractivity contribution in [3.05, 3.63) is 17.0 Å². The highest BCUT2D eigenvalue weighted by molar-refractivity contribution is 5.95. The highest BCUT2D eigenvalue weighted by atomic mass is 16.5. The van der Waals surface area contributed by atoms with Crippen molar-refractivity contribution in [2.24, 2.45) is 0 Å². The molecule has 0 aliphatic carbocycles. The third-order valence-corrected chi connectivity index (χ3v) is 4.67. The van der Waals surface area contributed by atoms with Crippen LogP contribution in [0.25, 0.3) is 0 Å². The monoisotopic (exact) mass is 291 g/mol. The molecule has 1 aromatic heterocycles. The maximum Gasteiger partial charge on any atom is 0.246 e. The molecule has 0 saturated carbocycles. The van der Waals surface area contributed by atoms with Gasteiger partial charge in [0, 0.05) is 12.1 Å². The molecule has 0 spiro atoms. The van der Waals surface area contributed by atoms with Crippen LogP contribution in [0.15, 0.2) is 4.52 Å². The average molecular weight is 291 g/mol. The number of carbonyl (C=O) groups excluding carboxylic acids is 2. The first-order chi connectivity index (χ1) is 10.0. The first-order valence-corrected chi connectivity index (χ1v) is 7.53. The van der Waals surface area contributed by atoms with E-state index in [4.69, 9.17) is 4.52 Å². The summed E-state index contributed by atoms with van der Waals surface area (Å²) in [6.07, 6.45) is 2.78. The summed E-state index contributed by atoms with van der Waals surface area (Å²) in [4.78, 5) is 28.5. The molecule has 0 aromatic carbocycles. The zero-order chi connectivity index (χ0) is 15.1. The Morgan fingerprint density at radius 2 is 2.05 bits per heavy atom. The van der Waals surface area contributed by atoms with Crippen molar-refractivity contribution in [2.45, 2.75) is 52.1 Å². The van der Waals surface area contributed by atoms with Crippen LogP contribution >= 0.6 is 0 Å². The molecule has 0 N–H and O–H groups in total. The number of hydrogen-bond donors (Lipinski definition) is 0. The molecule has 3 heterocycles. The summed E-state index contributed by atoms with van der Waals surface area (Å²) >= 11 is 0. The van der Waals surface area contributed by atoms with Crippen molar-refractivity contribution >= 4 is 11.8 Å². The molecule has 2 aliphatic rings. The molecule has 6 nitrogen and oxygen atoms in total. The molecule has 0 bridgehead atoms. The summed E-state index contributed by atoms with van der Waals surface area (Å²) in [5, 5.41) is 3.95. The van der Waals surface area contributed by atoms with Gasteiger partial charge in [-0.15, -0.1) is 0 Å². The number of carbonyl (C=O) groups is 2. The largest absolute Gasteiger partial charge is 0.361 e. The molecular weight excluding hydrogens is 270 g/mol. The van der Waals surface area contributed by atoms with Gasteiger partial charge in [-0.3, -0.25) is 9.59 Å². The number of piperazine rings is 1. The van der Waals surface area contributed by atoms with Crippen LogP contribution in [0.4, 0.5) is 0 Å². The van der Waals surface area contributed by atoms with Gasteiger partial charge < -0.3 is 14.3 Å². The summed E-state index contributed by atoms with van der Waals surface area (Å²) in [6, 6.07) is -0.459. The van der Waals surface area contributed by atoms with Gasteiger partial charge in [0.25, 0.3) is 0 Å². The third kappa shape index (κ3) is 2.22. The average Bonchev–Trinajstić information content (AvgIpc) is 2.81. The van der Waals surface area contributed by atoms with Crippen molar-refractivity contribution in [1.29, 1.82) is 0 Å². The van der Waals surface area contributed by atoms with Gasteiger partial charge >= 0.3 is 0 Å². The van der Waals surface area contributed by atoms with Crippen LogP contribution in [-0.2, 0) is 9.59 Å². The Morgan fingerprint density at radius 1 is 1.29 bits per heavy atom.